The molecule has 1 aromatic carbocycles. The van der Waals surface area contributed by atoms with Crippen molar-refractivity contribution in [3.05, 3.63) is 28.2 Å². The van der Waals surface area contributed by atoms with Crippen molar-refractivity contribution >= 4 is 27.7 Å². The Labute approximate surface area is 94.3 Å². The number of halogens is 1. The molecule has 0 aliphatic carbocycles. The summed E-state index contributed by atoms with van der Waals surface area (Å²) in [5.74, 6) is -0.641. The molecule has 1 atom stereocenters. The van der Waals surface area contributed by atoms with Gasteiger partial charge in [-0.3, -0.25) is 4.79 Å². The van der Waals surface area contributed by atoms with Crippen molar-refractivity contribution in [2.24, 2.45) is 0 Å². The molecule has 15 heavy (non-hydrogen) atoms. The largest absolute Gasteiger partial charge is 0.470 e. The Morgan fingerprint density at radius 1 is 1.53 bits per heavy atom. The monoisotopic (exact) mass is 270 g/mol. The van der Waals surface area contributed by atoms with E-state index < -0.39 is 12.1 Å². The molecule has 0 saturated heterocycles. The zero-order chi connectivity index (χ0) is 11.0. The van der Waals surface area contributed by atoms with Gasteiger partial charge in [0.1, 0.15) is 5.75 Å². The smallest absolute Gasteiger partial charge is 0.355 e. The normalized spacial score (nSPS) is 18.3. The van der Waals surface area contributed by atoms with E-state index in [9.17, 15) is 9.59 Å². The number of methoxy groups -OCH3 is 1. The van der Waals surface area contributed by atoms with Crippen molar-refractivity contribution in [1.29, 1.82) is 0 Å². The van der Waals surface area contributed by atoms with Crippen LogP contribution in [0.2, 0.25) is 0 Å². The lowest BCUT2D eigenvalue weighted by atomic mass is 10.1. The van der Waals surface area contributed by atoms with Gasteiger partial charge in [0, 0.05) is 4.47 Å². The molecule has 1 aromatic rings. The van der Waals surface area contributed by atoms with E-state index in [4.69, 9.17) is 4.74 Å². The lowest BCUT2D eigenvalue weighted by Crippen LogP contribution is -2.31. The number of hydrogen-bond donors (Lipinski definition) is 0. The molecule has 0 N–H and O–H groups in total. The minimum Gasteiger partial charge on any atom is -0.470 e. The Morgan fingerprint density at radius 2 is 2.27 bits per heavy atom. The van der Waals surface area contributed by atoms with Gasteiger partial charge in [-0.2, -0.15) is 0 Å². The number of ketones is 1. The second-order valence-corrected chi connectivity index (χ2v) is 3.85. The van der Waals surface area contributed by atoms with E-state index in [2.05, 4.69) is 20.7 Å². The van der Waals surface area contributed by atoms with E-state index in [1.807, 2.05) is 0 Å². The van der Waals surface area contributed by atoms with Gasteiger partial charge >= 0.3 is 5.97 Å². The van der Waals surface area contributed by atoms with Crippen LogP contribution in [0.1, 0.15) is 10.4 Å². The summed E-state index contributed by atoms with van der Waals surface area (Å²) in [5.41, 5.74) is 0.396. The molecule has 2 rings (SSSR count). The standard InChI is InChI=1S/C10H7BrO4/c1-14-10(13)9-8(12)7-5(11)3-2-4-6(7)15-9/h2-4,9H,1H3. The highest BCUT2D eigenvalue weighted by Gasteiger charge is 2.39. The molecule has 0 bridgehead atoms. The minimum atomic E-state index is -1.16. The molecule has 0 saturated carbocycles. The maximum atomic E-state index is 11.8. The highest BCUT2D eigenvalue weighted by Crippen LogP contribution is 2.34. The fraction of sp³-hybridized carbons (Fsp3) is 0.200. The van der Waals surface area contributed by atoms with Crippen LogP contribution in [0.5, 0.6) is 5.75 Å². The summed E-state index contributed by atoms with van der Waals surface area (Å²) in [6.45, 7) is 0. The summed E-state index contributed by atoms with van der Waals surface area (Å²) >= 11 is 3.23. The summed E-state index contributed by atoms with van der Waals surface area (Å²) in [5, 5.41) is 0. The molecule has 0 amide bonds. The molecule has 5 heteroatoms. The van der Waals surface area contributed by atoms with Crippen LogP contribution in [0.15, 0.2) is 22.7 Å². The summed E-state index contributed by atoms with van der Waals surface area (Å²) in [7, 11) is 1.22. The van der Waals surface area contributed by atoms with Crippen LogP contribution in [-0.2, 0) is 9.53 Å². The van der Waals surface area contributed by atoms with E-state index in [0.717, 1.165) is 0 Å². The average Bonchev–Trinajstić information content (AvgIpc) is 2.56. The molecule has 0 radical (unpaired) electrons. The first-order valence-corrected chi connectivity index (χ1v) is 5.01. The predicted molar refractivity (Wildman–Crippen MR) is 54.9 cm³/mol. The first-order chi connectivity index (χ1) is 7.15. The topological polar surface area (TPSA) is 52.6 Å². The molecule has 1 aliphatic rings. The number of fused-ring (bicyclic) bond motifs is 1. The van der Waals surface area contributed by atoms with Gasteiger partial charge in [0.15, 0.2) is 0 Å². The van der Waals surface area contributed by atoms with Gasteiger partial charge in [-0.15, -0.1) is 0 Å². The number of rotatable bonds is 1. The number of hydrogen-bond acceptors (Lipinski definition) is 4. The number of ether oxygens (including phenoxy) is 2. The Balaban J connectivity index is 2.42. The van der Waals surface area contributed by atoms with E-state index in [0.29, 0.717) is 15.8 Å². The van der Waals surface area contributed by atoms with Crippen LogP contribution in [0.3, 0.4) is 0 Å². The highest BCUT2D eigenvalue weighted by atomic mass is 79.9. The third-order valence-corrected chi connectivity index (χ3v) is 2.78. The predicted octanol–water partition coefficient (Wildman–Crippen LogP) is 1.57. The van der Waals surface area contributed by atoms with Crippen molar-refractivity contribution in [1.82, 2.24) is 0 Å². The number of carbonyl (C=O) groups excluding carboxylic acids is 2. The second kappa shape index (κ2) is 3.66. The molecule has 78 valence electrons. The van der Waals surface area contributed by atoms with Crippen molar-refractivity contribution in [3.63, 3.8) is 0 Å². The fourth-order valence-electron chi connectivity index (χ4n) is 1.42. The number of benzene rings is 1. The number of esters is 1. The molecule has 4 nitrogen and oxygen atoms in total. The Kier molecular flexibility index (Phi) is 2.48. The molecule has 0 aromatic heterocycles. The van der Waals surface area contributed by atoms with E-state index in [1.165, 1.54) is 7.11 Å². The van der Waals surface area contributed by atoms with Gasteiger partial charge in [0.05, 0.1) is 12.7 Å². The van der Waals surface area contributed by atoms with Crippen molar-refractivity contribution in [2.75, 3.05) is 7.11 Å². The fourth-order valence-corrected chi connectivity index (χ4v) is 1.96. The number of Topliss-reactive ketones (excluding diaryl/α,β-unsaturated/α-hetero) is 1. The zero-order valence-electron chi connectivity index (χ0n) is 7.82. The van der Waals surface area contributed by atoms with Crippen LogP contribution < -0.4 is 4.74 Å². The highest BCUT2D eigenvalue weighted by molar-refractivity contribution is 9.10. The lowest BCUT2D eigenvalue weighted by Gasteiger charge is -2.05. The molecule has 1 aliphatic heterocycles. The average molecular weight is 271 g/mol. The molecule has 0 spiro atoms. The first kappa shape index (κ1) is 10.2. The van der Waals surface area contributed by atoms with Crippen LogP contribution in [-0.4, -0.2) is 25.0 Å². The van der Waals surface area contributed by atoms with Crippen LogP contribution in [0.4, 0.5) is 0 Å². The molecular formula is C10H7BrO4. The Morgan fingerprint density at radius 3 is 2.87 bits per heavy atom. The van der Waals surface area contributed by atoms with Crippen molar-refractivity contribution < 1.29 is 19.1 Å². The Hall–Kier alpha value is -1.36. The van der Waals surface area contributed by atoms with Crippen LogP contribution in [0.25, 0.3) is 0 Å². The summed E-state index contributed by atoms with van der Waals surface area (Å²) in [4.78, 5) is 23.0. The van der Waals surface area contributed by atoms with Crippen molar-refractivity contribution in [3.8, 4) is 5.75 Å². The third-order valence-electron chi connectivity index (χ3n) is 2.12. The molecule has 0 fully saturated rings. The van der Waals surface area contributed by atoms with Crippen LogP contribution >= 0.6 is 15.9 Å². The van der Waals surface area contributed by atoms with Gasteiger partial charge in [-0.05, 0) is 28.1 Å². The quantitative estimate of drug-likeness (QED) is 0.574. The van der Waals surface area contributed by atoms with E-state index in [1.54, 1.807) is 18.2 Å². The zero-order valence-corrected chi connectivity index (χ0v) is 9.41. The lowest BCUT2D eigenvalue weighted by molar-refractivity contribution is -0.145. The molecular weight excluding hydrogens is 264 g/mol. The van der Waals surface area contributed by atoms with Gasteiger partial charge in [0.25, 0.3) is 6.10 Å². The van der Waals surface area contributed by atoms with Crippen LogP contribution in [0, 0.1) is 0 Å². The minimum absolute atomic E-state index is 0.371. The van der Waals surface area contributed by atoms with E-state index >= 15 is 0 Å². The summed E-state index contributed by atoms with van der Waals surface area (Å²) in [6, 6.07) is 5.09. The summed E-state index contributed by atoms with van der Waals surface area (Å²) in [6.07, 6.45) is -1.16. The van der Waals surface area contributed by atoms with Gasteiger partial charge in [-0.1, -0.05) is 6.07 Å². The maximum Gasteiger partial charge on any atom is 0.355 e. The SMILES string of the molecule is COC(=O)C1Oc2cccc(Br)c2C1=O. The van der Waals surface area contributed by atoms with E-state index in [-0.39, 0.29) is 5.78 Å². The maximum absolute atomic E-state index is 11.8. The van der Waals surface area contributed by atoms with Crippen molar-refractivity contribution in [2.45, 2.75) is 6.10 Å². The second-order valence-electron chi connectivity index (χ2n) is 3.00. The van der Waals surface area contributed by atoms with Gasteiger partial charge in [0.2, 0.25) is 5.78 Å². The van der Waals surface area contributed by atoms with Gasteiger partial charge < -0.3 is 9.47 Å². The Bertz CT molecular complexity index is 441. The summed E-state index contributed by atoms with van der Waals surface area (Å²) < 4.78 is 10.3. The van der Waals surface area contributed by atoms with Gasteiger partial charge in [-0.25, -0.2) is 4.79 Å². The first-order valence-electron chi connectivity index (χ1n) is 4.22. The molecule has 1 heterocycles. The number of carbonyl (C=O) groups is 2. The third kappa shape index (κ3) is 1.52. The molecule has 1 unspecified atom stereocenters.